The number of aromatic nitrogens is 3. The molecular formula is C17H11FN4S. The molecule has 0 amide bonds. The van der Waals surface area contributed by atoms with Crippen LogP contribution < -0.4 is 0 Å². The normalized spacial score (nSPS) is 13.7. The highest BCUT2D eigenvalue weighted by Crippen LogP contribution is 2.47. The Labute approximate surface area is 136 Å². The standard InChI is InChI=1S/C17H11FN4S/c18-13-6-12(8-20-9-13)17-22-15(11-1-2-11)16(23-17)14-5-10(7-19)3-4-21-14/h3-6,8-9,11H,1-2H2. The Kier molecular flexibility index (Phi) is 3.36. The van der Waals surface area contributed by atoms with Crippen LogP contribution in [0.15, 0.2) is 36.8 Å². The first-order valence-corrected chi connectivity index (χ1v) is 8.04. The van der Waals surface area contributed by atoms with Gasteiger partial charge in [-0.05, 0) is 31.0 Å². The molecule has 1 saturated carbocycles. The van der Waals surface area contributed by atoms with Crippen LogP contribution in [-0.4, -0.2) is 15.0 Å². The van der Waals surface area contributed by atoms with Gasteiger partial charge in [0.05, 0.1) is 34.1 Å². The van der Waals surface area contributed by atoms with Crippen molar-refractivity contribution >= 4 is 11.3 Å². The van der Waals surface area contributed by atoms with E-state index in [0.717, 1.165) is 34.1 Å². The van der Waals surface area contributed by atoms with E-state index in [-0.39, 0.29) is 5.82 Å². The lowest BCUT2D eigenvalue weighted by Crippen LogP contribution is -1.88. The molecule has 0 radical (unpaired) electrons. The fourth-order valence-corrected chi connectivity index (χ4v) is 3.53. The average Bonchev–Trinajstić information content (AvgIpc) is 3.33. The van der Waals surface area contributed by atoms with E-state index in [2.05, 4.69) is 16.0 Å². The summed E-state index contributed by atoms with van der Waals surface area (Å²) in [6.07, 6.45) is 6.64. The molecule has 6 heteroatoms. The molecule has 1 aliphatic carbocycles. The number of nitriles is 1. The third-order valence-corrected chi connectivity index (χ3v) is 4.83. The van der Waals surface area contributed by atoms with E-state index in [4.69, 9.17) is 10.2 Å². The van der Waals surface area contributed by atoms with Crippen molar-refractivity contribution < 1.29 is 4.39 Å². The lowest BCUT2D eigenvalue weighted by Gasteiger charge is -2.00. The van der Waals surface area contributed by atoms with Gasteiger partial charge in [-0.2, -0.15) is 5.26 Å². The van der Waals surface area contributed by atoms with Crippen molar-refractivity contribution in [3.8, 4) is 27.2 Å². The molecule has 0 spiro atoms. The summed E-state index contributed by atoms with van der Waals surface area (Å²) in [6, 6.07) is 7.02. The average molecular weight is 322 g/mol. The molecule has 3 aromatic heterocycles. The molecule has 4 nitrogen and oxygen atoms in total. The van der Waals surface area contributed by atoms with Gasteiger partial charge >= 0.3 is 0 Å². The second kappa shape index (κ2) is 5.52. The summed E-state index contributed by atoms with van der Waals surface area (Å²) in [5.74, 6) is 0.0564. The summed E-state index contributed by atoms with van der Waals surface area (Å²) in [5, 5.41) is 9.81. The Bertz CT molecular complexity index is 924. The van der Waals surface area contributed by atoms with Crippen LogP contribution in [0.2, 0.25) is 0 Å². The number of hydrogen-bond donors (Lipinski definition) is 0. The van der Waals surface area contributed by atoms with Crippen molar-refractivity contribution in [3.63, 3.8) is 0 Å². The second-order valence-electron chi connectivity index (χ2n) is 5.44. The van der Waals surface area contributed by atoms with Crippen LogP contribution in [0.25, 0.3) is 21.1 Å². The SMILES string of the molecule is N#Cc1ccnc(-c2sc(-c3cncc(F)c3)nc2C2CC2)c1. The van der Waals surface area contributed by atoms with Crippen molar-refractivity contribution in [2.75, 3.05) is 0 Å². The van der Waals surface area contributed by atoms with Crippen LogP contribution in [-0.2, 0) is 0 Å². The van der Waals surface area contributed by atoms with Gasteiger partial charge in [0.1, 0.15) is 10.8 Å². The Balaban J connectivity index is 1.84. The third kappa shape index (κ3) is 2.71. The fourth-order valence-electron chi connectivity index (χ4n) is 2.43. The van der Waals surface area contributed by atoms with Crippen molar-refractivity contribution in [2.45, 2.75) is 18.8 Å². The van der Waals surface area contributed by atoms with Gasteiger partial charge in [0.2, 0.25) is 0 Å². The molecular weight excluding hydrogens is 311 g/mol. The van der Waals surface area contributed by atoms with Gasteiger partial charge < -0.3 is 0 Å². The molecule has 0 N–H and O–H groups in total. The molecule has 23 heavy (non-hydrogen) atoms. The lowest BCUT2D eigenvalue weighted by molar-refractivity contribution is 0.622. The van der Waals surface area contributed by atoms with Gasteiger partial charge in [-0.25, -0.2) is 9.37 Å². The minimum absolute atomic E-state index is 0.378. The topological polar surface area (TPSA) is 62.5 Å². The Morgan fingerprint density at radius 3 is 2.87 bits per heavy atom. The molecule has 1 aliphatic rings. The minimum Gasteiger partial charge on any atom is -0.261 e. The highest BCUT2D eigenvalue weighted by Gasteiger charge is 2.31. The highest BCUT2D eigenvalue weighted by atomic mass is 32.1. The first kappa shape index (κ1) is 14.0. The number of pyridine rings is 2. The molecule has 0 aliphatic heterocycles. The zero-order valence-corrected chi connectivity index (χ0v) is 12.8. The molecule has 1 fully saturated rings. The summed E-state index contributed by atoms with van der Waals surface area (Å²) >= 11 is 1.47. The smallest absolute Gasteiger partial charge is 0.142 e. The predicted molar refractivity (Wildman–Crippen MR) is 85.2 cm³/mol. The third-order valence-electron chi connectivity index (χ3n) is 3.69. The van der Waals surface area contributed by atoms with Gasteiger partial charge in [0, 0.05) is 23.9 Å². The molecule has 3 aromatic rings. The summed E-state index contributed by atoms with van der Waals surface area (Å²) < 4.78 is 13.4. The van der Waals surface area contributed by atoms with Crippen LogP contribution in [0.3, 0.4) is 0 Å². The Morgan fingerprint density at radius 2 is 2.13 bits per heavy atom. The predicted octanol–water partition coefficient (Wildman–Crippen LogP) is 4.16. The van der Waals surface area contributed by atoms with Crippen molar-refractivity contribution in [1.29, 1.82) is 5.26 Å². The summed E-state index contributed by atoms with van der Waals surface area (Å²) in [5.41, 5.74) is 2.98. The van der Waals surface area contributed by atoms with Crippen molar-refractivity contribution in [3.05, 3.63) is 53.9 Å². The second-order valence-corrected chi connectivity index (χ2v) is 6.44. The largest absolute Gasteiger partial charge is 0.261 e. The van der Waals surface area contributed by atoms with Gasteiger partial charge in [-0.3, -0.25) is 9.97 Å². The number of nitrogens with zero attached hydrogens (tertiary/aromatic N) is 4. The zero-order chi connectivity index (χ0) is 15.8. The van der Waals surface area contributed by atoms with Crippen LogP contribution in [0, 0.1) is 17.1 Å². The van der Waals surface area contributed by atoms with Gasteiger partial charge in [0.15, 0.2) is 0 Å². The van der Waals surface area contributed by atoms with Gasteiger partial charge in [-0.1, -0.05) is 0 Å². The van der Waals surface area contributed by atoms with Crippen LogP contribution in [0.1, 0.15) is 30.0 Å². The maximum atomic E-state index is 13.4. The molecule has 0 unspecified atom stereocenters. The lowest BCUT2D eigenvalue weighted by atomic mass is 10.1. The van der Waals surface area contributed by atoms with E-state index in [1.54, 1.807) is 24.5 Å². The highest BCUT2D eigenvalue weighted by molar-refractivity contribution is 7.18. The molecule has 4 rings (SSSR count). The molecule has 0 aromatic carbocycles. The van der Waals surface area contributed by atoms with Crippen LogP contribution in [0.5, 0.6) is 0 Å². The van der Waals surface area contributed by atoms with E-state index in [1.165, 1.54) is 23.6 Å². The monoisotopic (exact) mass is 322 g/mol. The number of hydrogen-bond acceptors (Lipinski definition) is 5. The molecule has 0 bridgehead atoms. The number of rotatable bonds is 3. The minimum atomic E-state index is -0.378. The maximum absolute atomic E-state index is 13.4. The molecule has 112 valence electrons. The van der Waals surface area contributed by atoms with Crippen molar-refractivity contribution in [2.24, 2.45) is 0 Å². The van der Waals surface area contributed by atoms with Gasteiger partial charge in [0.25, 0.3) is 0 Å². The van der Waals surface area contributed by atoms with Crippen LogP contribution >= 0.6 is 11.3 Å². The zero-order valence-electron chi connectivity index (χ0n) is 12.0. The summed E-state index contributed by atoms with van der Waals surface area (Å²) in [6.45, 7) is 0. The first-order valence-electron chi connectivity index (χ1n) is 7.23. The van der Waals surface area contributed by atoms with E-state index in [9.17, 15) is 4.39 Å². The van der Waals surface area contributed by atoms with E-state index >= 15 is 0 Å². The summed E-state index contributed by atoms with van der Waals surface area (Å²) in [7, 11) is 0. The molecule has 3 heterocycles. The fraction of sp³-hybridized carbons (Fsp3) is 0.176. The van der Waals surface area contributed by atoms with Crippen LogP contribution in [0.4, 0.5) is 4.39 Å². The molecule has 0 saturated heterocycles. The number of halogens is 1. The number of thiazole rings is 1. The first-order chi connectivity index (χ1) is 11.2. The molecule has 0 atom stereocenters. The summed E-state index contributed by atoms with van der Waals surface area (Å²) in [4.78, 5) is 13.9. The van der Waals surface area contributed by atoms with E-state index in [1.807, 2.05) is 0 Å². The quantitative estimate of drug-likeness (QED) is 0.726. The van der Waals surface area contributed by atoms with Gasteiger partial charge in [-0.15, -0.1) is 11.3 Å². The van der Waals surface area contributed by atoms with E-state index < -0.39 is 0 Å². The van der Waals surface area contributed by atoms with E-state index in [0.29, 0.717) is 17.0 Å². The Hall–Kier alpha value is -2.65. The Morgan fingerprint density at radius 1 is 1.26 bits per heavy atom. The maximum Gasteiger partial charge on any atom is 0.142 e. The van der Waals surface area contributed by atoms with Crippen molar-refractivity contribution in [1.82, 2.24) is 15.0 Å².